The molecule has 10 nitrogen and oxygen atoms in total. The number of nitriles is 1. The first kappa shape index (κ1) is 26.1. The summed E-state index contributed by atoms with van der Waals surface area (Å²) in [7, 11) is -1.90. The Kier molecular flexibility index (Phi) is 7.39. The van der Waals surface area contributed by atoms with E-state index in [0.29, 0.717) is 45.4 Å². The van der Waals surface area contributed by atoms with Crippen molar-refractivity contribution in [3.05, 3.63) is 83.4 Å². The number of hydrogen-bond acceptors (Lipinski definition) is 9. The topological polar surface area (TPSA) is 139 Å². The Morgan fingerprint density at radius 2 is 1.82 bits per heavy atom. The lowest BCUT2D eigenvalue weighted by molar-refractivity contribution is 0.522. The van der Waals surface area contributed by atoms with Gasteiger partial charge in [-0.1, -0.05) is 35.6 Å². The zero-order chi connectivity index (χ0) is 27.4. The summed E-state index contributed by atoms with van der Waals surface area (Å²) in [5.74, 6) is 7.86. The first-order valence-electron chi connectivity index (χ1n) is 11.6. The highest BCUT2D eigenvalue weighted by Crippen LogP contribution is 2.44. The second kappa shape index (κ2) is 11.1. The summed E-state index contributed by atoms with van der Waals surface area (Å²) in [5.41, 5.74) is 2.16. The molecule has 4 aromatic heterocycles. The van der Waals surface area contributed by atoms with Crippen molar-refractivity contribution in [2.45, 2.75) is 17.7 Å². The minimum Gasteiger partial charge on any atom is -0.420 e. The zero-order valence-corrected chi connectivity index (χ0v) is 22.5. The third-order valence-electron chi connectivity index (χ3n) is 5.57. The highest BCUT2D eigenvalue weighted by Gasteiger charge is 2.19. The number of pyridine rings is 2. The quantitative estimate of drug-likeness (QED) is 0.286. The Labute approximate surface area is 230 Å². The molecule has 5 rings (SSSR count). The number of para-hydroxylation sites is 1. The molecule has 0 aliphatic rings. The molecule has 0 fully saturated rings. The van der Waals surface area contributed by atoms with E-state index in [2.05, 4.69) is 42.2 Å². The largest absolute Gasteiger partial charge is 0.420 e. The third-order valence-corrected chi connectivity index (χ3v) is 7.28. The smallest absolute Gasteiger partial charge is 0.247 e. The molecule has 0 saturated heterocycles. The molecule has 0 radical (unpaired) electrons. The van der Waals surface area contributed by atoms with Crippen molar-refractivity contribution in [3.63, 3.8) is 0 Å². The van der Waals surface area contributed by atoms with Gasteiger partial charge in [0.2, 0.25) is 11.8 Å². The van der Waals surface area contributed by atoms with Crippen LogP contribution in [0.5, 0.6) is 0 Å². The second-order valence-corrected chi connectivity index (χ2v) is 12.1. The second-order valence-electron chi connectivity index (χ2n) is 8.63. The standard InChI is InChI=1S/C27H21ClN8O2S/c1-39(2,37)20-11-12-22(31-17-20)26-34-32-24(36(26)23-8-4-3-7-21(23)28)9-5-6-10-25-33-35-27(38-25)18-13-14-30-19(15-18)16-29/h3-4,7-8,11-15,17,37H,9-10H2,1-2H3. The van der Waals surface area contributed by atoms with Crippen molar-refractivity contribution in [1.82, 2.24) is 34.9 Å². The van der Waals surface area contributed by atoms with E-state index in [9.17, 15) is 4.55 Å². The summed E-state index contributed by atoms with van der Waals surface area (Å²) in [6.45, 7) is 0. The molecule has 0 unspecified atom stereocenters. The fraction of sp³-hybridized carbons (Fsp3) is 0.148. The predicted molar refractivity (Wildman–Crippen MR) is 147 cm³/mol. The van der Waals surface area contributed by atoms with E-state index in [-0.39, 0.29) is 18.5 Å². The monoisotopic (exact) mass is 556 g/mol. The number of aromatic nitrogens is 7. The summed E-state index contributed by atoms with van der Waals surface area (Å²) in [4.78, 5) is 9.23. The van der Waals surface area contributed by atoms with Crippen molar-refractivity contribution in [2.75, 3.05) is 12.5 Å². The van der Waals surface area contributed by atoms with Crippen LogP contribution in [0.3, 0.4) is 0 Å². The van der Waals surface area contributed by atoms with Gasteiger partial charge in [0.15, 0.2) is 5.82 Å². The lowest BCUT2D eigenvalue weighted by Gasteiger charge is -2.23. The molecule has 0 aliphatic carbocycles. The molecule has 0 aliphatic heterocycles. The molecule has 5 aromatic rings. The highest BCUT2D eigenvalue weighted by atomic mass is 35.5. The average Bonchev–Trinajstić information content (AvgIpc) is 3.58. The molecule has 12 heteroatoms. The van der Waals surface area contributed by atoms with Gasteiger partial charge >= 0.3 is 0 Å². The van der Waals surface area contributed by atoms with E-state index >= 15 is 0 Å². The van der Waals surface area contributed by atoms with Gasteiger partial charge in [-0.15, -0.1) is 30.7 Å². The highest BCUT2D eigenvalue weighted by molar-refractivity contribution is 8.28. The minimum atomic E-state index is -1.90. The number of nitrogens with zero attached hydrogens (tertiary/aromatic N) is 8. The van der Waals surface area contributed by atoms with Gasteiger partial charge in [0, 0.05) is 22.9 Å². The van der Waals surface area contributed by atoms with Gasteiger partial charge in [-0.3, -0.25) is 9.55 Å². The number of hydrogen-bond donors (Lipinski definition) is 1. The van der Waals surface area contributed by atoms with Crippen molar-refractivity contribution >= 4 is 21.9 Å². The summed E-state index contributed by atoms with van der Waals surface area (Å²) in [6.07, 6.45) is 7.25. The van der Waals surface area contributed by atoms with Crippen molar-refractivity contribution in [1.29, 1.82) is 5.26 Å². The van der Waals surface area contributed by atoms with Gasteiger partial charge in [-0.25, -0.2) is 4.98 Å². The lowest BCUT2D eigenvalue weighted by atomic mass is 10.2. The van der Waals surface area contributed by atoms with E-state index in [0.717, 1.165) is 4.90 Å². The van der Waals surface area contributed by atoms with Gasteiger partial charge in [-0.2, -0.15) is 5.26 Å². The Bertz CT molecular complexity index is 1740. The molecule has 4 heterocycles. The molecular formula is C27H21ClN8O2S. The maximum Gasteiger partial charge on any atom is 0.247 e. The summed E-state index contributed by atoms with van der Waals surface area (Å²) >= 11 is 6.53. The average molecular weight is 557 g/mol. The Morgan fingerprint density at radius 3 is 2.56 bits per heavy atom. The fourth-order valence-electron chi connectivity index (χ4n) is 3.64. The molecule has 39 heavy (non-hydrogen) atoms. The molecule has 0 amide bonds. The Balaban J connectivity index is 1.39. The van der Waals surface area contributed by atoms with Crippen molar-refractivity contribution in [3.8, 4) is 46.6 Å². The van der Waals surface area contributed by atoms with Crippen LogP contribution in [0.25, 0.3) is 28.7 Å². The van der Waals surface area contributed by atoms with E-state index in [1.54, 1.807) is 36.9 Å². The normalized spacial score (nSPS) is 11.5. The van der Waals surface area contributed by atoms with Crippen LogP contribution in [0, 0.1) is 23.2 Å². The van der Waals surface area contributed by atoms with Crippen LogP contribution < -0.4 is 0 Å². The maximum atomic E-state index is 10.4. The lowest BCUT2D eigenvalue weighted by Crippen LogP contribution is -2.04. The van der Waals surface area contributed by atoms with Crippen LogP contribution in [0.1, 0.15) is 17.4 Å². The van der Waals surface area contributed by atoms with Gasteiger partial charge in [0.25, 0.3) is 0 Å². The molecule has 0 atom stereocenters. The van der Waals surface area contributed by atoms with E-state index in [1.165, 1.54) is 6.20 Å². The zero-order valence-electron chi connectivity index (χ0n) is 20.9. The fourth-order valence-corrected chi connectivity index (χ4v) is 4.57. The van der Waals surface area contributed by atoms with E-state index in [4.69, 9.17) is 21.3 Å². The number of rotatable bonds is 6. The van der Waals surface area contributed by atoms with Gasteiger partial charge in [0.1, 0.15) is 23.3 Å². The van der Waals surface area contributed by atoms with Gasteiger partial charge in [0.05, 0.1) is 23.6 Å². The van der Waals surface area contributed by atoms with Crippen LogP contribution in [-0.2, 0) is 12.8 Å². The van der Waals surface area contributed by atoms with Crippen molar-refractivity contribution < 1.29 is 8.97 Å². The van der Waals surface area contributed by atoms with Crippen LogP contribution in [0.15, 0.2) is 70.2 Å². The van der Waals surface area contributed by atoms with Crippen LogP contribution in [0.2, 0.25) is 5.02 Å². The van der Waals surface area contributed by atoms with Crippen LogP contribution >= 0.6 is 21.9 Å². The SMILES string of the molecule is CS(C)(O)c1ccc(-c2nnc(CC#CCc3nnc(-c4ccnc(C#N)c4)o3)n2-c2ccccc2Cl)nc1. The maximum absolute atomic E-state index is 10.4. The van der Waals surface area contributed by atoms with Gasteiger partial charge < -0.3 is 8.97 Å². The number of benzene rings is 1. The van der Waals surface area contributed by atoms with Crippen LogP contribution in [-0.4, -0.2) is 52.0 Å². The molecule has 0 saturated carbocycles. The van der Waals surface area contributed by atoms with E-state index in [1.807, 2.05) is 41.0 Å². The first-order valence-corrected chi connectivity index (χ1v) is 14.4. The molecule has 1 aromatic carbocycles. The Morgan fingerprint density at radius 1 is 1.00 bits per heavy atom. The first-order chi connectivity index (χ1) is 18.8. The van der Waals surface area contributed by atoms with E-state index < -0.39 is 10.3 Å². The molecule has 1 N–H and O–H groups in total. The number of halogens is 1. The predicted octanol–water partition coefficient (Wildman–Crippen LogP) is 4.98. The van der Waals surface area contributed by atoms with Crippen molar-refractivity contribution in [2.24, 2.45) is 0 Å². The summed E-state index contributed by atoms with van der Waals surface area (Å²) in [6, 6.07) is 16.3. The van der Waals surface area contributed by atoms with Gasteiger partial charge in [-0.05, 0) is 48.9 Å². The molecule has 0 bridgehead atoms. The molecule has 194 valence electrons. The molecule has 0 spiro atoms. The summed E-state index contributed by atoms with van der Waals surface area (Å²) < 4.78 is 17.9. The minimum absolute atomic E-state index is 0.235. The van der Waals surface area contributed by atoms with Crippen LogP contribution in [0.4, 0.5) is 0 Å². The molecular weight excluding hydrogens is 536 g/mol. The third kappa shape index (κ3) is 5.81. The summed E-state index contributed by atoms with van der Waals surface area (Å²) in [5, 5.41) is 26.4. The Hall–Kier alpha value is -4.55.